The van der Waals surface area contributed by atoms with E-state index in [1.807, 2.05) is 0 Å². The molecule has 0 radical (unpaired) electrons. The third-order valence-corrected chi connectivity index (χ3v) is 3.38. The number of rotatable bonds is 6. The highest BCUT2D eigenvalue weighted by Gasteiger charge is 2.19. The molecule has 0 aliphatic rings. The number of hydrogen-bond acceptors (Lipinski definition) is 7. The van der Waals surface area contributed by atoms with Crippen LogP contribution in [0, 0.1) is 0 Å². The monoisotopic (exact) mass is 367 g/mol. The predicted octanol–water partition coefficient (Wildman–Crippen LogP) is 1.15. The first kappa shape index (κ1) is 17.4. The van der Waals surface area contributed by atoms with Gasteiger partial charge in [-0.25, -0.2) is 18.8 Å². The lowest BCUT2D eigenvalue weighted by Crippen LogP contribution is -2.08. The second-order valence-corrected chi connectivity index (χ2v) is 5.06. The number of carbonyl (C=O) groups excluding carboxylic acids is 1. The van der Waals surface area contributed by atoms with Crippen LogP contribution in [0.25, 0.3) is 11.5 Å². The maximum absolute atomic E-state index is 12.4. The van der Waals surface area contributed by atoms with E-state index in [0.29, 0.717) is 5.69 Å². The van der Waals surface area contributed by atoms with Crippen molar-refractivity contribution in [3.63, 3.8) is 0 Å². The van der Waals surface area contributed by atoms with Crippen molar-refractivity contribution >= 4 is 11.8 Å². The van der Waals surface area contributed by atoms with E-state index in [9.17, 15) is 13.6 Å². The Labute approximate surface area is 145 Å². The van der Waals surface area contributed by atoms with E-state index >= 15 is 0 Å². The lowest BCUT2D eigenvalue weighted by molar-refractivity contribution is -0.0553. The molecule has 10 nitrogen and oxygen atoms in total. The molecule has 0 bridgehead atoms. The highest BCUT2D eigenvalue weighted by Crippen LogP contribution is 2.21. The summed E-state index contributed by atoms with van der Waals surface area (Å²) in [5.74, 6) is -0.353. The van der Waals surface area contributed by atoms with Crippen molar-refractivity contribution in [2.45, 2.75) is 13.5 Å². The average Bonchev–Trinajstić information content (AvgIpc) is 3.26. The second-order valence-electron chi connectivity index (χ2n) is 5.06. The average molecular weight is 367 g/mol. The standard InChI is InChI=1S/C14H15F2N7O3/c1-3-25-13(24)9-6-19-23(12(9)17)8-5-18-22(7-8)10-4-11(21(2)20-10)26-14(15)16/h4-7,14H,3,17H2,1-2H3. The van der Waals surface area contributed by atoms with Gasteiger partial charge < -0.3 is 15.2 Å². The smallest absolute Gasteiger partial charge is 0.388 e. The number of esters is 1. The zero-order valence-corrected chi connectivity index (χ0v) is 13.8. The Bertz CT molecular complexity index is 931. The van der Waals surface area contributed by atoms with Crippen LogP contribution in [-0.4, -0.2) is 48.5 Å². The summed E-state index contributed by atoms with van der Waals surface area (Å²) in [5, 5.41) is 12.2. The molecule has 0 atom stereocenters. The summed E-state index contributed by atoms with van der Waals surface area (Å²) >= 11 is 0. The maximum Gasteiger partial charge on any atom is 0.388 e. The third kappa shape index (κ3) is 3.20. The fourth-order valence-corrected chi connectivity index (χ4v) is 2.23. The van der Waals surface area contributed by atoms with E-state index < -0.39 is 12.6 Å². The van der Waals surface area contributed by atoms with Gasteiger partial charge in [0.1, 0.15) is 17.1 Å². The van der Waals surface area contributed by atoms with Gasteiger partial charge in [-0.1, -0.05) is 0 Å². The van der Waals surface area contributed by atoms with Crippen LogP contribution in [0.4, 0.5) is 14.6 Å². The highest BCUT2D eigenvalue weighted by molar-refractivity contribution is 5.94. The Balaban J connectivity index is 1.88. The van der Waals surface area contributed by atoms with E-state index in [1.165, 1.54) is 41.1 Å². The quantitative estimate of drug-likeness (QED) is 0.650. The molecule has 0 aliphatic carbocycles. The lowest BCUT2D eigenvalue weighted by Gasteiger charge is -2.02. The van der Waals surface area contributed by atoms with Gasteiger partial charge >= 0.3 is 12.6 Å². The van der Waals surface area contributed by atoms with Gasteiger partial charge in [-0.15, -0.1) is 5.10 Å². The summed E-state index contributed by atoms with van der Waals surface area (Å²) in [6.07, 6.45) is 4.24. The van der Waals surface area contributed by atoms with Crippen LogP contribution in [0.3, 0.4) is 0 Å². The van der Waals surface area contributed by atoms with E-state index in [-0.39, 0.29) is 29.7 Å². The van der Waals surface area contributed by atoms with Gasteiger partial charge in [-0.2, -0.15) is 19.0 Å². The number of carbonyl (C=O) groups is 1. The molecule has 3 aromatic heterocycles. The predicted molar refractivity (Wildman–Crippen MR) is 84.5 cm³/mol. The molecule has 12 heteroatoms. The van der Waals surface area contributed by atoms with Gasteiger partial charge in [0, 0.05) is 13.1 Å². The van der Waals surface area contributed by atoms with Crippen LogP contribution in [-0.2, 0) is 11.8 Å². The molecule has 138 valence electrons. The van der Waals surface area contributed by atoms with Gasteiger partial charge in [-0.3, -0.25) is 0 Å². The van der Waals surface area contributed by atoms with Crippen molar-refractivity contribution in [3.05, 3.63) is 30.2 Å². The van der Waals surface area contributed by atoms with Crippen molar-refractivity contribution in [2.24, 2.45) is 7.05 Å². The number of aryl methyl sites for hydroxylation is 1. The fourth-order valence-electron chi connectivity index (χ4n) is 2.23. The molecule has 3 aromatic rings. The van der Waals surface area contributed by atoms with E-state index in [0.717, 1.165) is 4.68 Å². The van der Waals surface area contributed by atoms with E-state index in [4.69, 9.17) is 10.5 Å². The molecule has 0 amide bonds. The van der Waals surface area contributed by atoms with Crippen molar-refractivity contribution in [3.8, 4) is 17.4 Å². The number of halogens is 2. The van der Waals surface area contributed by atoms with Crippen molar-refractivity contribution in [1.82, 2.24) is 29.3 Å². The fraction of sp³-hybridized carbons (Fsp3) is 0.286. The molecule has 0 aliphatic heterocycles. The molecular weight excluding hydrogens is 352 g/mol. The number of aromatic nitrogens is 6. The normalized spacial score (nSPS) is 11.1. The Kier molecular flexibility index (Phi) is 4.56. The Morgan fingerprint density at radius 2 is 2.12 bits per heavy atom. The van der Waals surface area contributed by atoms with Crippen LogP contribution in [0.2, 0.25) is 0 Å². The minimum Gasteiger partial charge on any atom is -0.462 e. The maximum atomic E-state index is 12.4. The van der Waals surface area contributed by atoms with Crippen LogP contribution in [0.5, 0.6) is 5.88 Å². The van der Waals surface area contributed by atoms with Gasteiger partial charge in [0.25, 0.3) is 0 Å². The molecule has 0 aromatic carbocycles. The number of nitrogen functional groups attached to an aromatic ring is 1. The second kappa shape index (κ2) is 6.82. The Morgan fingerprint density at radius 3 is 2.81 bits per heavy atom. The number of anilines is 1. The minimum atomic E-state index is -2.96. The van der Waals surface area contributed by atoms with Crippen LogP contribution >= 0.6 is 0 Å². The first-order valence-corrected chi connectivity index (χ1v) is 7.45. The minimum absolute atomic E-state index is 0.0887. The van der Waals surface area contributed by atoms with E-state index in [1.54, 1.807) is 6.92 Å². The Hall–Kier alpha value is -3.44. The third-order valence-electron chi connectivity index (χ3n) is 3.38. The highest BCUT2D eigenvalue weighted by atomic mass is 19.3. The molecule has 0 saturated carbocycles. The van der Waals surface area contributed by atoms with Crippen molar-refractivity contribution in [2.75, 3.05) is 12.3 Å². The zero-order valence-electron chi connectivity index (χ0n) is 13.8. The summed E-state index contributed by atoms with van der Waals surface area (Å²) in [6.45, 7) is -1.07. The van der Waals surface area contributed by atoms with Crippen LogP contribution < -0.4 is 10.5 Å². The molecule has 3 heterocycles. The number of ether oxygens (including phenoxy) is 2. The number of alkyl halides is 2. The van der Waals surface area contributed by atoms with Crippen LogP contribution in [0.1, 0.15) is 17.3 Å². The number of nitrogens with two attached hydrogens (primary N) is 1. The van der Waals surface area contributed by atoms with Crippen LogP contribution in [0.15, 0.2) is 24.7 Å². The first-order valence-electron chi connectivity index (χ1n) is 7.45. The largest absolute Gasteiger partial charge is 0.462 e. The zero-order chi connectivity index (χ0) is 18.8. The van der Waals surface area contributed by atoms with Crippen molar-refractivity contribution < 1.29 is 23.0 Å². The topological polar surface area (TPSA) is 115 Å². The SMILES string of the molecule is CCOC(=O)c1cnn(-c2cnn(-c3cc(OC(F)F)n(C)n3)c2)c1N. The van der Waals surface area contributed by atoms with Gasteiger partial charge in [0.15, 0.2) is 5.82 Å². The summed E-state index contributed by atoms with van der Waals surface area (Å²) < 4.78 is 37.7. The van der Waals surface area contributed by atoms with Gasteiger partial charge in [0.05, 0.1) is 25.2 Å². The summed E-state index contributed by atoms with van der Waals surface area (Å²) in [7, 11) is 1.46. The van der Waals surface area contributed by atoms with Crippen molar-refractivity contribution in [1.29, 1.82) is 0 Å². The molecule has 2 N–H and O–H groups in total. The van der Waals surface area contributed by atoms with E-state index in [2.05, 4.69) is 20.0 Å². The summed E-state index contributed by atoms with van der Waals surface area (Å²) in [6, 6.07) is 1.30. The molecular formula is C14H15F2N7O3. The van der Waals surface area contributed by atoms with Gasteiger partial charge in [0.2, 0.25) is 5.88 Å². The summed E-state index contributed by atoms with van der Waals surface area (Å²) in [4.78, 5) is 11.8. The molecule has 0 saturated heterocycles. The molecule has 0 unspecified atom stereocenters. The molecule has 0 fully saturated rings. The summed E-state index contributed by atoms with van der Waals surface area (Å²) in [5.41, 5.74) is 6.51. The van der Waals surface area contributed by atoms with Gasteiger partial charge in [-0.05, 0) is 6.92 Å². The lowest BCUT2D eigenvalue weighted by atomic mass is 10.3. The first-order chi connectivity index (χ1) is 12.4. The number of hydrogen-bond donors (Lipinski definition) is 1. The Morgan fingerprint density at radius 1 is 1.35 bits per heavy atom. The molecule has 0 spiro atoms. The number of nitrogens with zero attached hydrogens (tertiary/aromatic N) is 6. The molecule has 3 rings (SSSR count). The molecule has 26 heavy (non-hydrogen) atoms.